The van der Waals surface area contributed by atoms with Crippen LogP contribution in [0, 0.1) is 11.3 Å². The van der Waals surface area contributed by atoms with E-state index in [0.717, 1.165) is 32.1 Å². The number of fused-ring (bicyclic) bond motifs is 1. The predicted octanol–water partition coefficient (Wildman–Crippen LogP) is 4.05. The Morgan fingerprint density at radius 1 is 1.10 bits per heavy atom. The molecule has 0 saturated carbocycles. The van der Waals surface area contributed by atoms with Gasteiger partial charge in [0.15, 0.2) is 0 Å². The molecule has 0 atom stereocenters. The highest BCUT2D eigenvalue weighted by Crippen LogP contribution is 2.31. The molecule has 1 heterocycles. The molecule has 2 rings (SSSR count). The molecule has 0 fully saturated rings. The standard InChI is InChI=1S/C19H32N2/c1-5-19(6-2,14-20-11-16(3)4)15-21-12-17-9-7-8-10-18(17)13-21/h7-10,16,20H,5-6,11-15H2,1-4H3. The molecule has 118 valence electrons. The van der Waals surface area contributed by atoms with E-state index in [1.165, 1.54) is 30.5 Å². The van der Waals surface area contributed by atoms with Crippen molar-refractivity contribution in [3.05, 3.63) is 35.4 Å². The third-order valence-electron chi connectivity index (χ3n) is 5.02. The van der Waals surface area contributed by atoms with E-state index < -0.39 is 0 Å². The second-order valence-corrected chi connectivity index (χ2v) is 7.15. The molecule has 0 radical (unpaired) electrons. The molecular weight excluding hydrogens is 256 g/mol. The molecule has 1 aliphatic rings. The fourth-order valence-corrected chi connectivity index (χ4v) is 3.40. The van der Waals surface area contributed by atoms with Gasteiger partial charge in [-0.15, -0.1) is 0 Å². The van der Waals surface area contributed by atoms with Gasteiger partial charge in [0.25, 0.3) is 0 Å². The average Bonchev–Trinajstić information content (AvgIpc) is 2.87. The van der Waals surface area contributed by atoms with Crippen LogP contribution in [0.5, 0.6) is 0 Å². The summed E-state index contributed by atoms with van der Waals surface area (Å²) >= 11 is 0. The van der Waals surface area contributed by atoms with Gasteiger partial charge in [-0.25, -0.2) is 0 Å². The Morgan fingerprint density at radius 3 is 2.14 bits per heavy atom. The first-order chi connectivity index (χ1) is 10.1. The molecular formula is C19H32N2. The van der Waals surface area contributed by atoms with Crippen molar-refractivity contribution in [2.75, 3.05) is 19.6 Å². The molecule has 1 aromatic rings. The van der Waals surface area contributed by atoms with Crippen molar-refractivity contribution in [1.82, 2.24) is 10.2 Å². The summed E-state index contributed by atoms with van der Waals surface area (Å²) in [5, 5.41) is 3.70. The summed E-state index contributed by atoms with van der Waals surface area (Å²) in [6, 6.07) is 8.90. The lowest BCUT2D eigenvalue weighted by Gasteiger charge is -2.36. The Labute approximate surface area is 130 Å². The molecule has 21 heavy (non-hydrogen) atoms. The van der Waals surface area contributed by atoms with Crippen molar-refractivity contribution < 1.29 is 0 Å². The molecule has 0 bridgehead atoms. The lowest BCUT2D eigenvalue weighted by Crippen LogP contribution is -2.42. The molecule has 0 unspecified atom stereocenters. The molecule has 0 aromatic heterocycles. The molecule has 2 nitrogen and oxygen atoms in total. The molecule has 1 N–H and O–H groups in total. The van der Waals surface area contributed by atoms with Gasteiger partial charge >= 0.3 is 0 Å². The van der Waals surface area contributed by atoms with Crippen LogP contribution in [0.25, 0.3) is 0 Å². The quantitative estimate of drug-likeness (QED) is 0.776. The summed E-state index contributed by atoms with van der Waals surface area (Å²) in [5.41, 5.74) is 3.46. The van der Waals surface area contributed by atoms with Crippen LogP contribution in [0.4, 0.5) is 0 Å². The molecule has 1 aliphatic heterocycles. The second-order valence-electron chi connectivity index (χ2n) is 7.15. The highest BCUT2D eigenvalue weighted by Gasteiger charge is 2.30. The van der Waals surface area contributed by atoms with E-state index in [1.807, 2.05) is 0 Å². The van der Waals surface area contributed by atoms with E-state index in [2.05, 4.69) is 62.2 Å². The van der Waals surface area contributed by atoms with Gasteiger partial charge < -0.3 is 5.32 Å². The monoisotopic (exact) mass is 288 g/mol. The predicted molar refractivity (Wildman–Crippen MR) is 91.3 cm³/mol. The first-order valence-corrected chi connectivity index (χ1v) is 8.58. The van der Waals surface area contributed by atoms with E-state index in [0.29, 0.717) is 5.41 Å². The summed E-state index contributed by atoms with van der Waals surface area (Å²) in [7, 11) is 0. The summed E-state index contributed by atoms with van der Waals surface area (Å²) in [6.07, 6.45) is 2.50. The van der Waals surface area contributed by atoms with Crippen LogP contribution in [-0.4, -0.2) is 24.5 Å². The van der Waals surface area contributed by atoms with Gasteiger partial charge in [0.05, 0.1) is 0 Å². The van der Waals surface area contributed by atoms with Gasteiger partial charge in [-0.1, -0.05) is 52.0 Å². The average molecular weight is 288 g/mol. The third kappa shape index (κ3) is 4.31. The third-order valence-corrected chi connectivity index (χ3v) is 5.02. The van der Waals surface area contributed by atoms with Crippen LogP contribution in [0.1, 0.15) is 51.7 Å². The lowest BCUT2D eigenvalue weighted by atomic mass is 9.81. The second kappa shape index (κ2) is 7.42. The fraction of sp³-hybridized carbons (Fsp3) is 0.684. The van der Waals surface area contributed by atoms with Crippen LogP contribution < -0.4 is 5.32 Å². The summed E-state index contributed by atoms with van der Waals surface area (Å²) < 4.78 is 0. The van der Waals surface area contributed by atoms with E-state index in [9.17, 15) is 0 Å². The Kier molecular flexibility index (Phi) is 5.83. The van der Waals surface area contributed by atoms with Crippen molar-refractivity contribution in [2.45, 2.75) is 53.6 Å². The maximum absolute atomic E-state index is 3.70. The molecule has 0 saturated heterocycles. The van der Waals surface area contributed by atoms with Crippen LogP contribution in [0.15, 0.2) is 24.3 Å². The lowest BCUT2D eigenvalue weighted by molar-refractivity contribution is 0.132. The van der Waals surface area contributed by atoms with Crippen molar-refractivity contribution >= 4 is 0 Å². The number of rotatable bonds is 8. The van der Waals surface area contributed by atoms with Crippen molar-refractivity contribution in [1.29, 1.82) is 0 Å². The maximum Gasteiger partial charge on any atom is 0.0240 e. The number of nitrogens with zero attached hydrogens (tertiary/aromatic N) is 1. The Bertz CT molecular complexity index is 410. The maximum atomic E-state index is 3.70. The van der Waals surface area contributed by atoms with Crippen molar-refractivity contribution in [3.8, 4) is 0 Å². The fourth-order valence-electron chi connectivity index (χ4n) is 3.40. The first kappa shape index (κ1) is 16.5. The van der Waals surface area contributed by atoms with Gasteiger partial charge in [0.1, 0.15) is 0 Å². The highest BCUT2D eigenvalue weighted by molar-refractivity contribution is 5.30. The zero-order valence-electron chi connectivity index (χ0n) is 14.3. The number of hydrogen-bond donors (Lipinski definition) is 1. The molecule has 0 amide bonds. The van der Waals surface area contributed by atoms with E-state index in [-0.39, 0.29) is 0 Å². The number of benzene rings is 1. The zero-order chi connectivity index (χ0) is 15.3. The van der Waals surface area contributed by atoms with Crippen LogP contribution in [0.2, 0.25) is 0 Å². The van der Waals surface area contributed by atoms with Crippen LogP contribution >= 0.6 is 0 Å². The minimum absolute atomic E-state index is 0.414. The minimum atomic E-state index is 0.414. The van der Waals surface area contributed by atoms with Gasteiger partial charge in [-0.3, -0.25) is 4.90 Å². The normalized spacial score (nSPS) is 15.7. The summed E-state index contributed by atoms with van der Waals surface area (Å²) in [5.74, 6) is 0.729. The van der Waals surface area contributed by atoms with Crippen LogP contribution in [-0.2, 0) is 13.1 Å². The molecule has 2 heteroatoms. The smallest absolute Gasteiger partial charge is 0.0240 e. The van der Waals surface area contributed by atoms with E-state index in [4.69, 9.17) is 0 Å². The summed E-state index contributed by atoms with van der Waals surface area (Å²) in [6.45, 7) is 15.0. The summed E-state index contributed by atoms with van der Waals surface area (Å²) in [4.78, 5) is 2.63. The molecule has 0 aliphatic carbocycles. The largest absolute Gasteiger partial charge is 0.316 e. The topological polar surface area (TPSA) is 15.3 Å². The first-order valence-electron chi connectivity index (χ1n) is 8.58. The van der Waals surface area contributed by atoms with Crippen molar-refractivity contribution in [2.24, 2.45) is 11.3 Å². The van der Waals surface area contributed by atoms with Gasteiger partial charge in [0, 0.05) is 26.2 Å². The van der Waals surface area contributed by atoms with Crippen LogP contribution in [0.3, 0.4) is 0 Å². The SMILES string of the molecule is CCC(CC)(CNCC(C)C)CN1Cc2ccccc2C1. The minimum Gasteiger partial charge on any atom is -0.316 e. The van der Waals surface area contributed by atoms with Gasteiger partial charge in [-0.05, 0) is 41.8 Å². The Balaban J connectivity index is 1.94. The van der Waals surface area contributed by atoms with Crippen molar-refractivity contribution in [3.63, 3.8) is 0 Å². The van der Waals surface area contributed by atoms with E-state index in [1.54, 1.807) is 0 Å². The highest BCUT2D eigenvalue weighted by atomic mass is 15.1. The molecule has 1 aromatic carbocycles. The zero-order valence-corrected chi connectivity index (χ0v) is 14.3. The number of nitrogens with one attached hydrogen (secondary N) is 1. The van der Waals surface area contributed by atoms with Gasteiger partial charge in [-0.2, -0.15) is 0 Å². The molecule has 0 spiro atoms. The van der Waals surface area contributed by atoms with Gasteiger partial charge in [0.2, 0.25) is 0 Å². The number of hydrogen-bond acceptors (Lipinski definition) is 2. The Morgan fingerprint density at radius 2 is 1.67 bits per heavy atom. The Hall–Kier alpha value is -0.860. The van der Waals surface area contributed by atoms with E-state index >= 15 is 0 Å².